The van der Waals surface area contributed by atoms with Crippen LogP contribution in [0.3, 0.4) is 0 Å². The predicted molar refractivity (Wildman–Crippen MR) is 74.9 cm³/mol. The summed E-state index contributed by atoms with van der Waals surface area (Å²) in [6, 6.07) is 1.26. The molecule has 7 nitrogen and oxygen atoms in total. The summed E-state index contributed by atoms with van der Waals surface area (Å²) in [6.45, 7) is 3.55. The van der Waals surface area contributed by atoms with Crippen LogP contribution in [0.15, 0.2) is 17.2 Å². The molecule has 0 spiro atoms. The second-order valence-electron chi connectivity index (χ2n) is 3.79. The SMILES string of the molecule is CCNCCNS(=O)(=O)c1cc(C(N)=O)n(C)c1.Cl. The molecular formula is C10H19ClN4O3S. The highest BCUT2D eigenvalue weighted by molar-refractivity contribution is 7.89. The summed E-state index contributed by atoms with van der Waals surface area (Å²) < 4.78 is 27.6. The summed E-state index contributed by atoms with van der Waals surface area (Å²) >= 11 is 0. The minimum absolute atomic E-state index is 0. The molecule has 1 aromatic heterocycles. The zero-order valence-electron chi connectivity index (χ0n) is 10.8. The first-order valence-corrected chi connectivity index (χ1v) is 7.03. The van der Waals surface area contributed by atoms with Gasteiger partial charge in [0.05, 0.1) is 0 Å². The first-order chi connectivity index (χ1) is 8.38. The van der Waals surface area contributed by atoms with E-state index >= 15 is 0 Å². The molecule has 4 N–H and O–H groups in total. The van der Waals surface area contributed by atoms with Crippen LogP contribution in [0.2, 0.25) is 0 Å². The molecule has 0 aliphatic rings. The van der Waals surface area contributed by atoms with Crippen molar-refractivity contribution in [3.63, 3.8) is 0 Å². The number of carbonyl (C=O) groups is 1. The van der Waals surface area contributed by atoms with E-state index in [9.17, 15) is 13.2 Å². The molecule has 0 saturated carbocycles. The third kappa shape index (κ3) is 4.83. The first kappa shape index (κ1) is 17.9. The number of hydrogen-bond donors (Lipinski definition) is 3. The second-order valence-corrected chi connectivity index (χ2v) is 5.55. The Kier molecular flexibility index (Phi) is 7.06. The Hall–Kier alpha value is -1.09. The van der Waals surface area contributed by atoms with Crippen molar-refractivity contribution in [3.8, 4) is 0 Å². The lowest BCUT2D eigenvalue weighted by atomic mass is 10.4. The number of nitrogens with one attached hydrogen (secondary N) is 2. The Morgan fingerprint density at radius 1 is 1.42 bits per heavy atom. The Labute approximate surface area is 119 Å². The number of carbonyl (C=O) groups excluding carboxylic acids is 1. The van der Waals surface area contributed by atoms with Crippen molar-refractivity contribution < 1.29 is 13.2 Å². The lowest BCUT2D eigenvalue weighted by Crippen LogP contribution is -2.31. The minimum Gasteiger partial charge on any atom is -0.364 e. The molecule has 0 atom stereocenters. The van der Waals surface area contributed by atoms with Gasteiger partial charge in [-0.2, -0.15) is 0 Å². The van der Waals surface area contributed by atoms with Gasteiger partial charge in [0.1, 0.15) is 10.6 Å². The smallest absolute Gasteiger partial charge is 0.265 e. The zero-order chi connectivity index (χ0) is 13.8. The molecule has 1 heterocycles. The normalized spacial score (nSPS) is 11.1. The van der Waals surface area contributed by atoms with E-state index in [-0.39, 0.29) is 29.5 Å². The van der Waals surface area contributed by atoms with Gasteiger partial charge >= 0.3 is 0 Å². The van der Waals surface area contributed by atoms with Gasteiger partial charge in [0.15, 0.2) is 0 Å². The van der Waals surface area contributed by atoms with E-state index < -0.39 is 15.9 Å². The Bertz CT molecular complexity index is 527. The molecule has 110 valence electrons. The van der Waals surface area contributed by atoms with Crippen molar-refractivity contribution in [1.82, 2.24) is 14.6 Å². The molecule has 0 aromatic carbocycles. The maximum absolute atomic E-state index is 11.9. The molecule has 9 heteroatoms. The number of nitrogens with two attached hydrogens (primary N) is 1. The van der Waals surface area contributed by atoms with Gasteiger partial charge < -0.3 is 15.6 Å². The number of halogens is 1. The van der Waals surface area contributed by atoms with E-state index in [1.165, 1.54) is 16.8 Å². The van der Waals surface area contributed by atoms with E-state index in [1.807, 2.05) is 6.92 Å². The number of rotatable bonds is 7. The standard InChI is InChI=1S/C10H18N4O3S.ClH/c1-3-12-4-5-13-18(16,17)8-6-9(10(11)15)14(2)7-8;/h6-7,12-13H,3-5H2,1-2H3,(H2,11,15);1H. The molecular weight excluding hydrogens is 292 g/mol. The maximum Gasteiger partial charge on any atom is 0.265 e. The molecule has 1 rings (SSSR count). The minimum atomic E-state index is -3.59. The summed E-state index contributed by atoms with van der Waals surface area (Å²) in [5.74, 6) is -0.661. The van der Waals surface area contributed by atoms with Crippen molar-refractivity contribution in [2.45, 2.75) is 11.8 Å². The van der Waals surface area contributed by atoms with Crippen molar-refractivity contribution >= 4 is 28.3 Å². The van der Waals surface area contributed by atoms with Crippen molar-refractivity contribution in [3.05, 3.63) is 18.0 Å². The molecule has 0 aliphatic carbocycles. The van der Waals surface area contributed by atoms with Crippen molar-refractivity contribution in [2.24, 2.45) is 12.8 Å². The molecule has 1 amide bonds. The van der Waals surface area contributed by atoms with Crippen LogP contribution in [0.25, 0.3) is 0 Å². The van der Waals surface area contributed by atoms with Crippen LogP contribution in [0, 0.1) is 0 Å². The molecule has 0 unspecified atom stereocenters. The topological polar surface area (TPSA) is 106 Å². The number of nitrogens with zero attached hydrogens (tertiary/aromatic N) is 1. The van der Waals surface area contributed by atoms with Gasteiger partial charge in [-0.15, -0.1) is 12.4 Å². The molecule has 0 radical (unpaired) electrons. The van der Waals surface area contributed by atoms with E-state index in [2.05, 4.69) is 10.0 Å². The van der Waals surface area contributed by atoms with Crippen LogP contribution >= 0.6 is 12.4 Å². The fraction of sp³-hybridized carbons (Fsp3) is 0.500. The summed E-state index contributed by atoms with van der Waals surface area (Å²) in [4.78, 5) is 11.1. The quantitative estimate of drug-likeness (QED) is 0.587. The summed E-state index contributed by atoms with van der Waals surface area (Å²) in [5, 5.41) is 3.00. The molecule has 0 fully saturated rings. The highest BCUT2D eigenvalue weighted by Crippen LogP contribution is 2.12. The monoisotopic (exact) mass is 310 g/mol. The van der Waals surface area contributed by atoms with Gasteiger partial charge in [0.2, 0.25) is 10.0 Å². The average molecular weight is 311 g/mol. The molecule has 0 aliphatic heterocycles. The predicted octanol–water partition coefficient (Wildman–Crippen LogP) is -0.566. The molecule has 1 aromatic rings. The van der Waals surface area contributed by atoms with Crippen LogP contribution in [0.5, 0.6) is 0 Å². The van der Waals surface area contributed by atoms with Crippen molar-refractivity contribution in [2.75, 3.05) is 19.6 Å². The number of primary amides is 1. The van der Waals surface area contributed by atoms with Crippen LogP contribution in [0.1, 0.15) is 17.4 Å². The first-order valence-electron chi connectivity index (χ1n) is 5.55. The Balaban J connectivity index is 0.00000324. The van der Waals surface area contributed by atoms with Crippen LogP contribution < -0.4 is 15.8 Å². The van der Waals surface area contributed by atoms with Crippen LogP contribution in [-0.4, -0.2) is 38.5 Å². The maximum atomic E-state index is 11.9. The van der Waals surface area contributed by atoms with Crippen LogP contribution in [-0.2, 0) is 17.1 Å². The largest absolute Gasteiger partial charge is 0.364 e. The van der Waals surface area contributed by atoms with E-state index in [0.29, 0.717) is 6.54 Å². The third-order valence-electron chi connectivity index (χ3n) is 2.39. The number of aromatic nitrogens is 1. The highest BCUT2D eigenvalue weighted by Gasteiger charge is 2.18. The van der Waals surface area contributed by atoms with Gasteiger partial charge in [0.25, 0.3) is 5.91 Å². The van der Waals surface area contributed by atoms with Gasteiger partial charge in [0, 0.05) is 26.3 Å². The summed E-state index contributed by atoms with van der Waals surface area (Å²) in [6.07, 6.45) is 1.36. The van der Waals surface area contributed by atoms with Crippen molar-refractivity contribution in [1.29, 1.82) is 0 Å². The lowest BCUT2D eigenvalue weighted by Gasteiger charge is -2.04. The molecule has 0 bridgehead atoms. The van der Waals surface area contributed by atoms with Gasteiger partial charge in [-0.25, -0.2) is 13.1 Å². The Morgan fingerprint density at radius 2 is 2.05 bits per heavy atom. The zero-order valence-corrected chi connectivity index (χ0v) is 12.5. The number of likely N-dealkylation sites (N-methyl/N-ethyl adjacent to an activating group) is 1. The fourth-order valence-corrected chi connectivity index (χ4v) is 2.56. The number of hydrogen-bond acceptors (Lipinski definition) is 4. The van der Waals surface area contributed by atoms with Gasteiger partial charge in [-0.05, 0) is 12.6 Å². The highest BCUT2D eigenvalue weighted by atomic mass is 35.5. The van der Waals surface area contributed by atoms with Gasteiger partial charge in [-0.3, -0.25) is 4.79 Å². The van der Waals surface area contributed by atoms with Crippen LogP contribution in [0.4, 0.5) is 0 Å². The Morgan fingerprint density at radius 3 is 2.53 bits per heavy atom. The summed E-state index contributed by atoms with van der Waals surface area (Å²) in [7, 11) is -2.03. The van der Waals surface area contributed by atoms with E-state index in [1.54, 1.807) is 7.05 Å². The second kappa shape index (κ2) is 7.49. The average Bonchev–Trinajstić information content (AvgIpc) is 2.68. The number of aryl methyl sites for hydroxylation is 1. The summed E-state index contributed by atoms with van der Waals surface area (Å²) in [5.41, 5.74) is 5.28. The van der Waals surface area contributed by atoms with Gasteiger partial charge in [-0.1, -0.05) is 6.92 Å². The lowest BCUT2D eigenvalue weighted by molar-refractivity contribution is 0.0992. The number of sulfonamides is 1. The van der Waals surface area contributed by atoms with E-state index in [0.717, 1.165) is 6.54 Å². The molecule has 19 heavy (non-hydrogen) atoms. The van der Waals surface area contributed by atoms with E-state index in [4.69, 9.17) is 5.73 Å². The third-order valence-corrected chi connectivity index (χ3v) is 3.81. The fourth-order valence-electron chi connectivity index (χ4n) is 1.46. The number of amides is 1. The molecule has 0 saturated heterocycles.